The molecule has 0 unspecified atom stereocenters. The Labute approximate surface area is 200 Å². The van der Waals surface area contributed by atoms with E-state index in [1.54, 1.807) is 17.2 Å². The van der Waals surface area contributed by atoms with E-state index in [9.17, 15) is 22.8 Å². The Hall–Kier alpha value is -3.57. The molecule has 9 nitrogen and oxygen atoms in total. The number of benzene rings is 1. The minimum absolute atomic E-state index is 0.0795. The molecule has 4 rings (SSSR count). The summed E-state index contributed by atoms with van der Waals surface area (Å²) >= 11 is 0. The van der Waals surface area contributed by atoms with Gasteiger partial charge in [0.2, 0.25) is 5.91 Å². The SMILES string of the molecule is O=C(C=Cc1ccc(OC(F)(F)F)cc1)N1CC[C@@H]2CN(C(=O)NCCc3cn[nH]n3)C[C@@H]2CC1. The minimum Gasteiger partial charge on any atom is -0.406 e. The number of carbonyl (C=O) groups excluding carboxylic acids is 2. The molecule has 1 aromatic carbocycles. The molecular formula is C23H27F3N6O3. The van der Waals surface area contributed by atoms with Gasteiger partial charge in [-0.2, -0.15) is 15.4 Å². The maximum absolute atomic E-state index is 12.7. The number of H-pyrrole nitrogens is 1. The highest BCUT2D eigenvalue weighted by molar-refractivity contribution is 5.91. The van der Waals surface area contributed by atoms with Crippen LogP contribution in [0.1, 0.15) is 24.1 Å². The van der Waals surface area contributed by atoms with E-state index in [0.717, 1.165) is 18.5 Å². The molecule has 3 amide bonds. The van der Waals surface area contributed by atoms with Gasteiger partial charge in [-0.25, -0.2) is 4.79 Å². The second-order valence-electron chi connectivity index (χ2n) is 8.72. The average Bonchev–Trinajstić information content (AvgIpc) is 3.43. The van der Waals surface area contributed by atoms with Gasteiger partial charge in [-0.1, -0.05) is 12.1 Å². The summed E-state index contributed by atoms with van der Waals surface area (Å²) in [7, 11) is 0. The predicted molar refractivity (Wildman–Crippen MR) is 120 cm³/mol. The van der Waals surface area contributed by atoms with Crippen molar-refractivity contribution < 1.29 is 27.5 Å². The summed E-state index contributed by atoms with van der Waals surface area (Å²) < 4.78 is 40.6. The molecule has 2 fully saturated rings. The highest BCUT2D eigenvalue weighted by atomic mass is 19.4. The van der Waals surface area contributed by atoms with Crippen molar-refractivity contribution >= 4 is 18.0 Å². The third-order valence-corrected chi connectivity index (χ3v) is 6.37. The number of hydrogen-bond acceptors (Lipinski definition) is 5. The van der Waals surface area contributed by atoms with Gasteiger partial charge in [-0.05, 0) is 48.4 Å². The fourth-order valence-corrected chi connectivity index (χ4v) is 4.54. The van der Waals surface area contributed by atoms with E-state index in [0.29, 0.717) is 56.5 Å². The number of halogens is 3. The summed E-state index contributed by atoms with van der Waals surface area (Å²) in [5.74, 6) is 0.249. The third-order valence-electron chi connectivity index (χ3n) is 6.37. The summed E-state index contributed by atoms with van der Waals surface area (Å²) in [6.07, 6.45) is 2.15. The molecule has 3 heterocycles. The second-order valence-corrected chi connectivity index (χ2v) is 8.72. The highest BCUT2D eigenvalue weighted by Crippen LogP contribution is 2.32. The molecule has 12 heteroatoms. The van der Waals surface area contributed by atoms with Crippen LogP contribution < -0.4 is 10.1 Å². The molecule has 2 aromatic rings. The van der Waals surface area contributed by atoms with Crippen LogP contribution >= 0.6 is 0 Å². The Morgan fingerprint density at radius 1 is 1.11 bits per heavy atom. The predicted octanol–water partition coefficient (Wildman–Crippen LogP) is 2.84. The number of rotatable bonds is 6. The standard InChI is InChI=1S/C23H27F3N6O3/c24-23(25,26)35-20-4-1-16(2-5-20)3-6-21(33)31-11-8-17-14-32(15-18(17)9-12-31)22(34)27-10-7-19-13-28-30-29-19/h1-6,13,17-18H,7-12,14-15H2,(H,27,34)(H,28,29,30)/t17-,18+. The molecule has 0 spiro atoms. The zero-order valence-corrected chi connectivity index (χ0v) is 19.0. The van der Waals surface area contributed by atoms with Crippen molar-refractivity contribution in [3.8, 4) is 5.75 Å². The largest absolute Gasteiger partial charge is 0.573 e. The number of likely N-dealkylation sites (tertiary alicyclic amines) is 2. The summed E-state index contributed by atoms with van der Waals surface area (Å²) in [6.45, 7) is 3.04. The Kier molecular flexibility index (Phi) is 7.57. The number of aromatic amines is 1. The first kappa shape index (κ1) is 24.6. The number of alkyl halides is 3. The fourth-order valence-electron chi connectivity index (χ4n) is 4.54. The Balaban J connectivity index is 1.22. The molecule has 0 saturated carbocycles. The van der Waals surface area contributed by atoms with Gasteiger partial charge in [0.1, 0.15) is 5.75 Å². The van der Waals surface area contributed by atoms with Crippen LogP contribution in [0.15, 0.2) is 36.5 Å². The van der Waals surface area contributed by atoms with E-state index in [1.165, 1.54) is 30.3 Å². The maximum Gasteiger partial charge on any atom is 0.573 e. The Morgan fingerprint density at radius 2 is 1.80 bits per heavy atom. The molecule has 0 bridgehead atoms. The van der Waals surface area contributed by atoms with Crippen LogP contribution in [0.5, 0.6) is 5.75 Å². The normalized spacial score (nSPS) is 20.5. The van der Waals surface area contributed by atoms with Crippen molar-refractivity contribution in [2.24, 2.45) is 11.8 Å². The lowest BCUT2D eigenvalue weighted by Crippen LogP contribution is -2.40. The molecule has 1 aromatic heterocycles. The molecule has 0 aliphatic carbocycles. The molecule has 2 atom stereocenters. The zero-order valence-electron chi connectivity index (χ0n) is 19.0. The van der Waals surface area contributed by atoms with Gasteiger partial charge in [-0.3, -0.25) is 4.79 Å². The number of amides is 3. The van der Waals surface area contributed by atoms with E-state index in [2.05, 4.69) is 25.5 Å². The molecule has 2 aliphatic rings. The molecule has 2 aliphatic heterocycles. The number of carbonyl (C=O) groups is 2. The molecular weight excluding hydrogens is 465 g/mol. The van der Waals surface area contributed by atoms with Crippen LogP contribution in [0, 0.1) is 11.8 Å². The molecule has 2 saturated heterocycles. The van der Waals surface area contributed by atoms with Gasteiger partial charge in [0.25, 0.3) is 0 Å². The van der Waals surface area contributed by atoms with Gasteiger partial charge in [0, 0.05) is 45.2 Å². The molecule has 2 N–H and O–H groups in total. The number of fused-ring (bicyclic) bond motifs is 1. The lowest BCUT2D eigenvalue weighted by atomic mass is 9.92. The van der Waals surface area contributed by atoms with Gasteiger partial charge in [-0.15, -0.1) is 13.2 Å². The van der Waals surface area contributed by atoms with Crippen molar-refractivity contribution in [3.63, 3.8) is 0 Å². The van der Waals surface area contributed by atoms with Crippen molar-refractivity contribution in [1.29, 1.82) is 0 Å². The van der Waals surface area contributed by atoms with E-state index in [1.807, 2.05) is 4.90 Å². The van der Waals surface area contributed by atoms with E-state index >= 15 is 0 Å². The number of ether oxygens (including phenoxy) is 1. The summed E-state index contributed by atoms with van der Waals surface area (Å²) in [5, 5.41) is 13.2. The third kappa shape index (κ3) is 6.96. The second kappa shape index (κ2) is 10.8. The van der Waals surface area contributed by atoms with Crippen LogP contribution in [0.2, 0.25) is 0 Å². The average molecular weight is 493 g/mol. The van der Waals surface area contributed by atoms with Gasteiger partial charge >= 0.3 is 12.4 Å². The Bertz CT molecular complexity index is 1010. The van der Waals surface area contributed by atoms with Crippen LogP contribution in [-0.4, -0.2) is 76.2 Å². The maximum atomic E-state index is 12.7. The van der Waals surface area contributed by atoms with E-state index < -0.39 is 6.36 Å². The van der Waals surface area contributed by atoms with Crippen molar-refractivity contribution in [3.05, 3.63) is 47.8 Å². The first-order valence-corrected chi connectivity index (χ1v) is 11.5. The van der Waals surface area contributed by atoms with Crippen LogP contribution in [0.4, 0.5) is 18.0 Å². The monoisotopic (exact) mass is 492 g/mol. The van der Waals surface area contributed by atoms with Gasteiger partial charge < -0.3 is 19.9 Å². The van der Waals surface area contributed by atoms with E-state index in [-0.39, 0.29) is 17.7 Å². The summed E-state index contributed by atoms with van der Waals surface area (Å²) in [6, 6.07) is 5.26. The zero-order chi connectivity index (χ0) is 24.8. The highest BCUT2D eigenvalue weighted by Gasteiger charge is 2.37. The topological polar surface area (TPSA) is 103 Å². The lowest BCUT2D eigenvalue weighted by Gasteiger charge is -2.21. The fraction of sp³-hybridized carbons (Fsp3) is 0.478. The smallest absolute Gasteiger partial charge is 0.406 e. The van der Waals surface area contributed by atoms with Crippen molar-refractivity contribution in [2.45, 2.75) is 25.6 Å². The van der Waals surface area contributed by atoms with E-state index in [4.69, 9.17) is 0 Å². The van der Waals surface area contributed by atoms with Crippen LogP contribution in [0.25, 0.3) is 6.08 Å². The first-order chi connectivity index (χ1) is 16.8. The first-order valence-electron chi connectivity index (χ1n) is 11.5. The van der Waals surface area contributed by atoms with Gasteiger partial charge in [0.05, 0.1) is 11.9 Å². The quantitative estimate of drug-likeness (QED) is 0.604. The van der Waals surface area contributed by atoms with Crippen molar-refractivity contribution in [2.75, 3.05) is 32.7 Å². The summed E-state index contributed by atoms with van der Waals surface area (Å²) in [4.78, 5) is 28.8. The molecule has 0 radical (unpaired) electrons. The molecule has 35 heavy (non-hydrogen) atoms. The number of aromatic nitrogens is 3. The Morgan fingerprint density at radius 3 is 2.40 bits per heavy atom. The van der Waals surface area contributed by atoms with Gasteiger partial charge in [0.15, 0.2) is 0 Å². The number of urea groups is 1. The van der Waals surface area contributed by atoms with Crippen molar-refractivity contribution in [1.82, 2.24) is 30.5 Å². The number of hydrogen-bond donors (Lipinski definition) is 2. The summed E-state index contributed by atoms with van der Waals surface area (Å²) in [5.41, 5.74) is 1.40. The number of nitrogens with zero attached hydrogens (tertiary/aromatic N) is 4. The van der Waals surface area contributed by atoms with Crippen LogP contribution in [0.3, 0.4) is 0 Å². The lowest BCUT2D eigenvalue weighted by molar-refractivity contribution is -0.274. The number of nitrogens with one attached hydrogen (secondary N) is 2. The minimum atomic E-state index is -4.74. The molecule has 188 valence electrons. The van der Waals surface area contributed by atoms with Crippen LogP contribution in [-0.2, 0) is 11.2 Å².